The maximum Gasteiger partial charge on any atom is 0.311 e. The molecule has 1 N–H and O–H groups in total. The van der Waals surface area contributed by atoms with Crippen molar-refractivity contribution >= 4 is 11.5 Å². The summed E-state index contributed by atoms with van der Waals surface area (Å²) < 4.78 is 10.6. The summed E-state index contributed by atoms with van der Waals surface area (Å²) in [5, 5.41) is 22.3. The minimum atomic E-state index is -1.05. The van der Waals surface area contributed by atoms with Gasteiger partial charge >= 0.3 is 5.69 Å². The monoisotopic (exact) mass is 359 g/mol. The predicted octanol–water partition coefficient (Wildman–Crippen LogP) is 2.50. The van der Waals surface area contributed by atoms with Gasteiger partial charge in [0.25, 0.3) is 0 Å². The van der Waals surface area contributed by atoms with Gasteiger partial charge in [0, 0.05) is 31.4 Å². The van der Waals surface area contributed by atoms with E-state index in [0.29, 0.717) is 48.8 Å². The molecular formula is C18H21N3O5. The van der Waals surface area contributed by atoms with Crippen LogP contribution < -0.4 is 14.4 Å². The third-order valence-electron chi connectivity index (χ3n) is 4.74. The molecule has 0 aliphatic carbocycles. The molecule has 0 atom stereocenters. The van der Waals surface area contributed by atoms with Gasteiger partial charge in [-0.1, -0.05) is 0 Å². The summed E-state index contributed by atoms with van der Waals surface area (Å²) in [4.78, 5) is 16.8. The number of nitro groups is 1. The van der Waals surface area contributed by atoms with E-state index in [0.717, 1.165) is 0 Å². The lowest BCUT2D eigenvalue weighted by atomic mass is 9.84. The van der Waals surface area contributed by atoms with Crippen LogP contribution in [-0.4, -0.2) is 42.3 Å². The Morgan fingerprint density at radius 1 is 1.19 bits per heavy atom. The molecule has 1 aliphatic heterocycles. The highest BCUT2D eigenvalue weighted by molar-refractivity contribution is 5.57. The fraction of sp³-hybridized carbons (Fsp3) is 0.389. The first-order valence-electron chi connectivity index (χ1n) is 8.27. The molecule has 1 aromatic carbocycles. The fourth-order valence-electron chi connectivity index (χ4n) is 3.23. The molecule has 1 aromatic heterocycles. The lowest BCUT2D eigenvalue weighted by Gasteiger charge is -2.39. The van der Waals surface area contributed by atoms with Crippen molar-refractivity contribution in [3.8, 4) is 11.5 Å². The van der Waals surface area contributed by atoms with Gasteiger partial charge in [-0.2, -0.15) is 0 Å². The van der Waals surface area contributed by atoms with Gasteiger partial charge in [-0.05, 0) is 36.6 Å². The molecule has 138 valence electrons. The summed E-state index contributed by atoms with van der Waals surface area (Å²) in [5.74, 6) is 1.55. The van der Waals surface area contributed by atoms with E-state index in [4.69, 9.17) is 9.47 Å². The topological polar surface area (TPSA) is 98.0 Å². The zero-order chi connectivity index (χ0) is 18.7. The lowest BCUT2D eigenvalue weighted by Crippen LogP contribution is -2.43. The van der Waals surface area contributed by atoms with E-state index in [9.17, 15) is 15.2 Å². The Bertz CT molecular complexity index is 781. The maximum atomic E-state index is 11.2. The Balaban J connectivity index is 1.83. The minimum Gasteiger partial charge on any atom is -0.497 e. The van der Waals surface area contributed by atoms with Gasteiger partial charge in [0.05, 0.1) is 24.7 Å². The Kier molecular flexibility index (Phi) is 4.94. The van der Waals surface area contributed by atoms with Gasteiger partial charge in [-0.15, -0.1) is 0 Å². The molecule has 1 saturated heterocycles. The standard InChI is InChI=1S/C18H21N3O5/c1-25-14-10-13(11-15(12-14)26-2)18(22)5-8-20(9-6-18)17-16(21(23)24)4-3-7-19-17/h3-4,7,10-12,22H,5-6,8-9H2,1-2H3. The number of anilines is 1. The van der Waals surface area contributed by atoms with E-state index in [1.807, 2.05) is 4.90 Å². The molecule has 8 heteroatoms. The van der Waals surface area contributed by atoms with Crippen LogP contribution in [0.5, 0.6) is 11.5 Å². The number of methoxy groups -OCH3 is 2. The van der Waals surface area contributed by atoms with E-state index in [1.165, 1.54) is 12.3 Å². The summed E-state index contributed by atoms with van der Waals surface area (Å²) in [7, 11) is 3.12. The number of benzene rings is 1. The average molecular weight is 359 g/mol. The van der Waals surface area contributed by atoms with Crippen LogP contribution in [0.2, 0.25) is 0 Å². The van der Waals surface area contributed by atoms with Gasteiger partial charge in [-0.3, -0.25) is 10.1 Å². The van der Waals surface area contributed by atoms with Crippen molar-refractivity contribution in [1.29, 1.82) is 0 Å². The molecule has 0 radical (unpaired) electrons. The molecular weight excluding hydrogens is 338 g/mol. The van der Waals surface area contributed by atoms with Gasteiger partial charge in [0.1, 0.15) is 11.5 Å². The minimum absolute atomic E-state index is 0.0269. The molecule has 0 spiro atoms. The molecule has 0 unspecified atom stereocenters. The Hall–Kier alpha value is -2.87. The zero-order valence-corrected chi connectivity index (χ0v) is 14.7. The van der Waals surface area contributed by atoms with Crippen molar-refractivity contribution in [2.24, 2.45) is 0 Å². The number of aliphatic hydroxyl groups is 1. The third-order valence-corrected chi connectivity index (χ3v) is 4.74. The number of hydrogen-bond acceptors (Lipinski definition) is 7. The second-order valence-corrected chi connectivity index (χ2v) is 6.22. The van der Waals surface area contributed by atoms with Crippen LogP contribution in [0.25, 0.3) is 0 Å². The molecule has 0 saturated carbocycles. The molecule has 26 heavy (non-hydrogen) atoms. The van der Waals surface area contributed by atoms with Crippen molar-refractivity contribution in [2.75, 3.05) is 32.2 Å². The SMILES string of the molecule is COc1cc(OC)cc(C2(O)CCN(c3ncccc3[N+](=O)[O-])CC2)c1. The molecule has 0 amide bonds. The zero-order valence-electron chi connectivity index (χ0n) is 14.7. The predicted molar refractivity (Wildman–Crippen MR) is 95.8 cm³/mol. The van der Waals surface area contributed by atoms with Crippen molar-refractivity contribution in [2.45, 2.75) is 18.4 Å². The summed E-state index contributed by atoms with van der Waals surface area (Å²) in [5.41, 5.74) is -0.369. The molecule has 0 bridgehead atoms. The summed E-state index contributed by atoms with van der Waals surface area (Å²) >= 11 is 0. The number of pyridine rings is 1. The Morgan fingerprint density at radius 2 is 1.81 bits per heavy atom. The molecule has 1 aliphatic rings. The molecule has 2 heterocycles. The van der Waals surface area contributed by atoms with Crippen LogP contribution in [-0.2, 0) is 5.60 Å². The number of rotatable bonds is 5. The van der Waals surface area contributed by atoms with Gasteiger partial charge in [-0.25, -0.2) is 4.98 Å². The second-order valence-electron chi connectivity index (χ2n) is 6.22. The van der Waals surface area contributed by atoms with Gasteiger partial charge in [0.15, 0.2) is 0 Å². The number of aromatic nitrogens is 1. The van der Waals surface area contributed by atoms with Gasteiger partial charge in [0.2, 0.25) is 5.82 Å². The fourth-order valence-corrected chi connectivity index (χ4v) is 3.23. The smallest absolute Gasteiger partial charge is 0.311 e. The van der Waals surface area contributed by atoms with Crippen LogP contribution in [0.1, 0.15) is 18.4 Å². The lowest BCUT2D eigenvalue weighted by molar-refractivity contribution is -0.384. The van der Waals surface area contributed by atoms with Crippen LogP contribution in [0, 0.1) is 10.1 Å². The van der Waals surface area contributed by atoms with E-state index in [-0.39, 0.29) is 5.69 Å². The normalized spacial score (nSPS) is 16.2. The van der Waals surface area contributed by atoms with Crippen LogP contribution in [0.3, 0.4) is 0 Å². The summed E-state index contributed by atoms with van der Waals surface area (Å²) in [6.45, 7) is 0.905. The summed E-state index contributed by atoms with van der Waals surface area (Å²) in [6.07, 6.45) is 2.37. The van der Waals surface area contributed by atoms with E-state index in [2.05, 4.69) is 4.98 Å². The second kappa shape index (κ2) is 7.17. The Morgan fingerprint density at radius 3 is 2.35 bits per heavy atom. The van der Waals surface area contributed by atoms with Crippen molar-refractivity contribution in [3.05, 3.63) is 52.2 Å². The third kappa shape index (κ3) is 3.41. The highest BCUT2D eigenvalue weighted by atomic mass is 16.6. The molecule has 2 aromatic rings. The van der Waals surface area contributed by atoms with E-state index < -0.39 is 10.5 Å². The maximum absolute atomic E-state index is 11.2. The molecule has 8 nitrogen and oxygen atoms in total. The molecule has 3 rings (SSSR count). The highest BCUT2D eigenvalue weighted by Crippen LogP contribution is 2.38. The van der Waals surface area contributed by atoms with Crippen LogP contribution in [0.15, 0.2) is 36.5 Å². The number of ether oxygens (including phenoxy) is 2. The first-order valence-corrected chi connectivity index (χ1v) is 8.27. The van der Waals surface area contributed by atoms with E-state index in [1.54, 1.807) is 38.5 Å². The number of piperidine rings is 1. The van der Waals surface area contributed by atoms with E-state index >= 15 is 0 Å². The largest absolute Gasteiger partial charge is 0.497 e. The summed E-state index contributed by atoms with van der Waals surface area (Å²) in [6, 6.07) is 8.32. The quantitative estimate of drug-likeness (QED) is 0.647. The van der Waals surface area contributed by atoms with Crippen LogP contribution in [0.4, 0.5) is 11.5 Å². The van der Waals surface area contributed by atoms with Crippen LogP contribution >= 0.6 is 0 Å². The van der Waals surface area contributed by atoms with Gasteiger partial charge < -0.3 is 19.5 Å². The van der Waals surface area contributed by atoms with Crippen molar-refractivity contribution in [3.63, 3.8) is 0 Å². The number of hydrogen-bond donors (Lipinski definition) is 1. The highest BCUT2D eigenvalue weighted by Gasteiger charge is 2.36. The average Bonchev–Trinajstić information content (AvgIpc) is 2.68. The van der Waals surface area contributed by atoms with Crippen molar-refractivity contribution < 1.29 is 19.5 Å². The Labute approximate surface area is 151 Å². The number of nitrogens with zero attached hydrogens (tertiary/aromatic N) is 3. The first-order chi connectivity index (χ1) is 12.5. The first kappa shape index (κ1) is 17.9. The molecule has 1 fully saturated rings. The van der Waals surface area contributed by atoms with Crippen molar-refractivity contribution in [1.82, 2.24) is 4.98 Å².